The third-order valence-corrected chi connectivity index (χ3v) is 4.21. The van der Waals surface area contributed by atoms with E-state index in [9.17, 15) is 9.90 Å². The summed E-state index contributed by atoms with van der Waals surface area (Å²) in [6.07, 6.45) is 0.354. The Morgan fingerprint density at radius 3 is 2.57 bits per heavy atom. The minimum atomic E-state index is -0.0853. The van der Waals surface area contributed by atoms with Gasteiger partial charge in [0.2, 0.25) is 5.91 Å². The zero-order valence-corrected chi connectivity index (χ0v) is 13.3. The molecular weight excluding hydrogens is 294 g/mol. The van der Waals surface area contributed by atoms with Gasteiger partial charge in [0, 0.05) is 24.1 Å². The van der Waals surface area contributed by atoms with Crippen molar-refractivity contribution in [2.45, 2.75) is 19.3 Å². The molecule has 0 aliphatic carbocycles. The molecule has 0 aromatic heterocycles. The summed E-state index contributed by atoms with van der Waals surface area (Å²) in [5.74, 6) is 1.11. The molecule has 120 valence electrons. The average molecular weight is 313 g/mol. The molecule has 0 radical (unpaired) electrons. The molecule has 1 unspecified atom stereocenters. The number of benzene rings is 2. The number of amides is 1. The van der Waals surface area contributed by atoms with Crippen LogP contribution in [0.4, 0.5) is 5.69 Å². The highest BCUT2D eigenvalue weighted by Crippen LogP contribution is 2.42. The summed E-state index contributed by atoms with van der Waals surface area (Å²) >= 11 is 0. The quantitative estimate of drug-likeness (QED) is 0.913. The number of phenols is 1. The number of methoxy groups -OCH3 is 2. The molecule has 1 aliphatic heterocycles. The van der Waals surface area contributed by atoms with Crippen LogP contribution in [0.2, 0.25) is 0 Å². The van der Waals surface area contributed by atoms with Crippen molar-refractivity contribution < 1.29 is 19.4 Å². The van der Waals surface area contributed by atoms with Crippen molar-refractivity contribution in [1.29, 1.82) is 0 Å². The first-order valence-electron chi connectivity index (χ1n) is 7.38. The maximum absolute atomic E-state index is 12.1. The summed E-state index contributed by atoms with van der Waals surface area (Å²) in [4.78, 5) is 12.1. The van der Waals surface area contributed by atoms with Crippen molar-refractivity contribution in [1.82, 2.24) is 0 Å². The molecule has 2 aromatic rings. The number of fused-ring (bicyclic) bond motifs is 1. The summed E-state index contributed by atoms with van der Waals surface area (Å²) in [5, 5.41) is 12.7. The molecule has 0 bridgehead atoms. The summed E-state index contributed by atoms with van der Waals surface area (Å²) in [6.45, 7) is 1.98. The Morgan fingerprint density at radius 1 is 1.13 bits per heavy atom. The van der Waals surface area contributed by atoms with Gasteiger partial charge in [0.1, 0.15) is 5.75 Å². The monoisotopic (exact) mass is 313 g/mol. The number of ether oxygens (including phenoxy) is 2. The van der Waals surface area contributed by atoms with Crippen LogP contribution in [0.15, 0.2) is 30.3 Å². The van der Waals surface area contributed by atoms with Gasteiger partial charge in [-0.15, -0.1) is 0 Å². The molecule has 2 aromatic carbocycles. The van der Waals surface area contributed by atoms with E-state index >= 15 is 0 Å². The number of anilines is 1. The minimum Gasteiger partial charge on any atom is -0.504 e. The highest BCUT2D eigenvalue weighted by atomic mass is 16.5. The molecule has 2 N–H and O–H groups in total. The van der Waals surface area contributed by atoms with Crippen molar-refractivity contribution in [2.24, 2.45) is 0 Å². The normalized spacial score (nSPS) is 16.5. The van der Waals surface area contributed by atoms with Crippen LogP contribution in [0, 0.1) is 6.92 Å². The van der Waals surface area contributed by atoms with Crippen LogP contribution in [0.3, 0.4) is 0 Å². The Morgan fingerprint density at radius 2 is 1.87 bits per heavy atom. The summed E-state index contributed by atoms with van der Waals surface area (Å²) in [7, 11) is 3.12. The Bertz CT molecular complexity index is 770. The van der Waals surface area contributed by atoms with E-state index in [0.29, 0.717) is 12.2 Å². The molecule has 0 saturated carbocycles. The third kappa shape index (κ3) is 2.70. The van der Waals surface area contributed by atoms with Gasteiger partial charge in [0.25, 0.3) is 0 Å². The second-order valence-corrected chi connectivity index (χ2v) is 5.65. The number of nitrogens with one attached hydrogen (secondary N) is 1. The van der Waals surface area contributed by atoms with Crippen LogP contribution in [-0.4, -0.2) is 25.2 Å². The van der Waals surface area contributed by atoms with Crippen molar-refractivity contribution in [3.05, 3.63) is 47.0 Å². The highest BCUT2D eigenvalue weighted by Gasteiger charge is 2.28. The van der Waals surface area contributed by atoms with Crippen LogP contribution >= 0.6 is 0 Å². The standard InChI is InChI=1S/C18H19NO4/c1-10-6-13-12(11-4-5-15(20)17(7-11)23-3)8-18(21)19-14(13)9-16(10)22-2/h4-7,9,12,20H,8H2,1-3H3,(H,19,21). The second kappa shape index (κ2) is 5.83. The SMILES string of the molecule is COc1cc2c(cc1C)C(c1ccc(O)c(OC)c1)CC(=O)N2. The molecule has 1 atom stereocenters. The first-order chi connectivity index (χ1) is 11.0. The van der Waals surface area contributed by atoms with Crippen LogP contribution in [0.25, 0.3) is 0 Å². The number of hydrogen-bond donors (Lipinski definition) is 2. The van der Waals surface area contributed by atoms with Gasteiger partial charge in [-0.3, -0.25) is 4.79 Å². The predicted molar refractivity (Wildman–Crippen MR) is 87.5 cm³/mol. The molecule has 1 heterocycles. The second-order valence-electron chi connectivity index (χ2n) is 5.65. The minimum absolute atomic E-state index is 0.0413. The van der Waals surface area contributed by atoms with E-state index < -0.39 is 0 Å². The Labute approximate surface area is 134 Å². The largest absolute Gasteiger partial charge is 0.504 e. The van der Waals surface area contributed by atoms with Crippen molar-refractivity contribution in [2.75, 3.05) is 19.5 Å². The van der Waals surface area contributed by atoms with Gasteiger partial charge in [-0.05, 0) is 41.8 Å². The maximum atomic E-state index is 12.1. The lowest BCUT2D eigenvalue weighted by Crippen LogP contribution is -2.23. The maximum Gasteiger partial charge on any atom is 0.225 e. The number of rotatable bonds is 3. The van der Waals surface area contributed by atoms with Gasteiger partial charge in [-0.1, -0.05) is 6.07 Å². The van der Waals surface area contributed by atoms with E-state index in [1.54, 1.807) is 19.2 Å². The number of carbonyl (C=O) groups is 1. The molecule has 1 amide bonds. The van der Waals surface area contributed by atoms with Crippen LogP contribution in [-0.2, 0) is 4.79 Å². The number of phenolic OH excluding ortho intramolecular Hbond substituents is 1. The number of carbonyl (C=O) groups excluding carboxylic acids is 1. The number of aromatic hydroxyl groups is 1. The molecule has 0 saturated heterocycles. The molecule has 5 nitrogen and oxygen atoms in total. The van der Waals surface area contributed by atoms with Gasteiger partial charge in [-0.25, -0.2) is 0 Å². The zero-order valence-electron chi connectivity index (χ0n) is 13.3. The first-order valence-corrected chi connectivity index (χ1v) is 7.38. The van der Waals surface area contributed by atoms with Gasteiger partial charge < -0.3 is 19.9 Å². The fraction of sp³-hybridized carbons (Fsp3) is 0.278. The summed E-state index contributed by atoms with van der Waals surface area (Å²) in [5.41, 5.74) is 3.75. The zero-order chi connectivity index (χ0) is 16.6. The van der Waals surface area contributed by atoms with E-state index in [0.717, 1.165) is 28.1 Å². The van der Waals surface area contributed by atoms with E-state index in [2.05, 4.69) is 5.32 Å². The predicted octanol–water partition coefficient (Wildman–Crippen LogP) is 3.19. The van der Waals surface area contributed by atoms with E-state index in [4.69, 9.17) is 9.47 Å². The molecule has 0 fully saturated rings. The first kappa shape index (κ1) is 15.2. The van der Waals surface area contributed by atoms with Crippen LogP contribution in [0.1, 0.15) is 29.0 Å². The molecule has 0 spiro atoms. The Hall–Kier alpha value is -2.69. The molecule has 1 aliphatic rings. The molecular formula is C18H19NO4. The summed E-state index contributed by atoms with van der Waals surface area (Å²) < 4.78 is 10.5. The van der Waals surface area contributed by atoms with Gasteiger partial charge in [0.15, 0.2) is 11.5 Å². The number of hydrogen-bond acceptors (Lipinski definition) is 4. The van der Waals surface area contributed by atoms with Crippen LogP contribution in [0.5, 0.6) is 17.2 Å². The average Bonchev–Trinajstić information content (AvgIpc) is 2.54. The summed E-state index contributed by atoms with van der Waals surface area (Å²) in [6, 6.07) is 9.09. The number of aryl methyl sites for hydroxylation is 1. The van der Waals surface area contributed by atoms with Crippen molar-refractivity contribution in [3.63, 3.8) is 0 Å². The smallest absolute Gasteiger partial charge is 0.225 e. The lowest BCUT2D eigenvalue weighted by molar-refractivity contribution is -0.116. The van der Waals surface area contributed by atoms with Gasteiger partial charge in [0.05, 0.1) is 14.2 Å². The van der Waals surface area contributed by atoms with E-state index in [-0.39, 0.29) is 17.6 Å². The Kier molecular flexibility index (Phi) is 3.86. The van der Waals surface area contributed by atoms with Crippen LogP contribution < -0.4 is 14.8 Å². The fourth-order valence-corrected chi connectivity index (χ4v) is 3.03. The molecule has 3 rings (SSSR count). The third-order valence-electron chi connectivity index (χ3n) is 4.21. The van der Waals surface area contributed by atoms with Crippen molar-refractivity contribution >= 4 is 11.6 Å². The lowest BCUT2D eigenvalue weighted by Gasteiger charge is -2.27. The van der Waals surface area contributed by atoms with Gasteiger partial charge >= 0.3 is 0 Å². The lowest BCUT2D eigenvalue weighted by atomic mass is 9.84. The topological polar surface area (TPSA) is 67.8 Å². The molecule has 23 heavy (non-hydrogen) atoms. The Balaban J connectivity index is 2.11. The van der Waals surface area contributed by atoms with Gasteiger partial charge in [-0.2, -0.15) is 0 Å². The highest BCUT2D eigenvalue weighted by molar-refractivity contribution is 5.95. The fourth-order valence-electron chi connectivity index (χ4n) is 3.03. The van der Waals surface area contributed by atoms with E-state index in [1.807, 2.05) is 25.1 Å². The van der Waals surface area contributed by atoms with Crippen molar-refractivity contribution in [3.8, 4) is 17.2 Å². The van der Waals surface area contributed by atoms with E-state index in [1.165, 1.54) is 7.11 Å². The molecule has 5 heteroatoms.